The Kier molecular flexibility index (Phi) is 8.19. The van der Waals surface area contributed by atoms with E-state index in [2.05, 4.69) is 21.7 Å². The molecule has 0 atom stereocenters. The summed E-state index contributed by atoms with van der Waals surface area (Å²) in [4.78, 5) is 35.5. The van der Waals surface area contributed by atoms with E-state index in [1.54, 1.807) is 11.3 Å². The van der Waals surface area contributed by atoms with Gasteiger partial charge in [-0.15, -0.1) is 11.3 Å². The molecule has 6 rings (SSSR count). The first-order chi connectivity index (χ1) is 20.9. The van der Waals surface area contributed by atoms with Crippen LogP contribution in [0.2, 0.25) is 0 Å². The topological polar surface area (TPSA) is 107 Å². The van der Waals surface area contributed by atoms with Gasteiger partial charge < -0.3 is 25.4 Å². The first-order valence-electron chi connectivity index (χ1n) is 14.7. The number of rotatable bonds is 6. The predicted molar refractivity (Wildman–Crippen MR) is 171 cm³/mol. The summed E-state index contributed by atoms with van der Waals surface area (Å²) in [7, 11) is 1.35. The molecule has 0 saturated carbocycles. The van der Waals surface area contributed by atoms with Crippen molar-refractivity contribution in [3.63, 3.8) is 0 Å². The van der Waals surface area contributed by atoms with Gasteiger partial charge >= 0.3 is 5.97 Å². The number of hydrogen-bond donors (Lipinski definition) is 2. The summed E-state index contributed by atoms with van der Waals surface area (Å²) in [5, 5.41) is 5.23. The van der Waals surface area contributed by atoms with Gasteiger partial charge in [-0.1, -0.05) is 12.1 Å². The van der Waals surface area contributed by atoms with Crippen LogP contribution < -0.4 is 20.7 Å². The number of nitrogens with zero attached hydrogens (tertiary/aromatic N) is 2. The molecule has 2 aliphatic rings. The number of aromatic nitrogens is 1. The van der Waals surface area contributed by atoms with Crippen LogP contribution in [0.1, 0.15) is 62.4 Å². The molecule has 4 heterocycles. The first kappa shape index (κ1) is 28.9. The number of aryl methyl sites for hydroxylation is 2. The number of fused-ring (bicyclic) bond motifs is 3. The van der Waals surface area contributed by atoms with E-state index in [1.807, 2.05) is 50.2 Å². The predicted octanol–water partition coefficient (Wildman–Crippen LogP) is 6.52. The van der Waals surface area contributed by atoms with Gasteiger partial charge in [0, 0.05) is 58.9 Å². The Morgan fingerprint density at radius 3 is 2.51 bits per heavy atom. The highest BCUT2D eigenvalue weighted by Crippen LogP contribution is 2.43. The third-order valence-electron chi connectivity index (χ3n) is 8.28. The summed E-state index contributed by atoms with van der Waals surface area (Å²) in [6, 6.07) is 13.7. The minimum Gasteiger partial charge on any atom is -0.493 e. The Morgan fingerprint density at radius 1 is 1.02 bits per heavy atom. The van der Waals surface area contributed by atoms with Crippen LogP contribution in [0.15, 0.2) is 47.8 Å². The highest BCUT2D eigenvalue weighted by molar-refractivity contribution is 7.13. The minimum absolute atomic E-state index is 0.171. The Hall–Kier alpha value is -4.21. The van der Waals surface area contributed by atoms with Gasteiger partial charge in [0.15, 0.2) is 5.69 Å². The average molecular weight is 597 g/mol. The molecule has 2 aromatic heterocycles. The lowest BCUT2D eigenvalue weighted by atomic mass is 9.93. The lowest BCUT2D eigenvalue weighted by Crippen LogP contribution is -2.30. The number of carbonyl (C=O) groups is 2. The maximum Gasteiger partial charge on any atom is 0.357 e. The van der Waals surface area contributed by atoms with Crippen LogP contribution in [0.25, 0.3) is 21.6 Å². The van der Waals surface area contributed by atoms with E-state index in [9.17, 15) is 9.59 Å². The number of pyridine rings is 1. The molecule has 43 heavy (non-hydrogen) atoms. The van der Waals surface area contributed by atoms with Crippen molar-refractivity contribution in [2.24, 2.45) is 5.73 Å². The molecule has 1 amide bonds. The van der Waals surface area contributed by atoms with E-state index in [1.165, 1.54) is 19.1 Å². The lowest BCUT2D eigenvalue weighted by Gasteiger charge is -2.28. The molecule has 4 aromatic rings. The van der Waals surface area contributed by atoms with Crippen LogP contribution >= 0.6 is 11.3 Å². The largest absolute Gasteiger partial charge is 0.493 e. The van der Waals surface area contributed by atoms with Gasteiger partial charge in [0.1, 0.15) is 11.6 Å². The second-order valence-electron chi connectivity index (χ2n) is 11.1. The normalized spacial score (nSPS) is 14.3. The van der Waals surface area contributed by atoms with E-state index in [0.29, 0.717) is 35.6 Å². The Morgan fingerprint density at radius 2 is 1.79 bits per heavy atom. The van der Waals surface area contributed by atoms with Gasteiger partial charge in [-0.25, -0.2) is 9.78 Å². The van der Waals surface area contributed by atoms with Gasteiger partial charge in [0.2, 0.25) is 0 Å². The highest BCUT2D eigenvalue weighted by Gasteiger charge is 2.27. The fourth-order valence-electron chi connectivity index (χ4n) is 6.09. The average Bonchev–Trinajstić information content (AvgIpc) is 3.43. The molecular formula is C34H36N4O4S. The van der Waals surface area contributed by atoms with Crippen molar-refractivity contribution >= 4 is 34.7 Å². The number of piperidine rings is 1. The Labute approximate surface area is 255 Å². The van der Waals surface area contributed by atoms with Crippen LogP contribution in [0.5, 0.6) is 5.75 Å². The van der Waals surface area contributed by atoms with Crippen LogP contribution in [-0.2, 0) is 17.7 Å². The molecular weight excluding hydrogens is 560 g/mol. The van der Waals surface area contributed by atoms with Gasteiger partial charge in [-0.3, -0.25) is 4.79 Å². The number of amides is 1. The van der Waals surface area contributed by atoms with Gasteiger partial charge in [0.25, 0.3) is 5.91 Å². The SMILES string of the molecule is COC(=O)c1nc(N2CCCCC2)ccc1-c1cc2c(cc1C(=O)Nc1c(C)cc(CN)cc1C)-c1sccc1CCO2. The summed E-state index contributed by atoms with van der Waals surface area (Å²) >= 11 is 1.63. The smallest absolute Gasteiger partial charge is 0.357 e. The van der Waals surface area contributed by atoms with Crippen LogP contribution in [0, 0.1) is 13.8 Å². The second-order valence-corrected chi connectivity index (χ2v) is 12.1. The Bertz CT molecular complexity index is 1680. The molecule has 0 aliphatic carbocycles. The number of thiophene rings is 1. The molecule has 8 nitrogen and oxygen atoms in total. The molecule has 2 aliphatic heterocycles. The number of methoxy groups -OCH3 is 1. The fraction of sp³-hybridized carbons (Fsp3) is 0.324. The summed E-state index contributed by atoms with van der Waals surface area (Å²) < 4.78 is 11.4. The summed E-state index contributed by atoms with van der Waals surface area (Å²) in [5.74, 6) is 0.558. The summed E-state index contributed by atoms with van der Waals surface area (Å²) in [6.45, 7) is 6.64. The number of hydrogen-bond acceptors (Lipinski definition) is 8. The van der Waals surface area contributed by atoms with Gasteiger partial charge in [-0.05, 0) is 91.1 Å². The molecule has 0 bridgehead atoms. The monoisotopic (exact) mass is 596 g/mol. The minimum atomic E-state index is -0.555. The third kappa shape index (κ3) is 5.62. The van der Waals surface area contributed by atoms with Gasteiger partial charge in [-0.2, -0.15) is 0 Å². The molecule has 3 N–H and O–H groups in total. The van der Waals surface area contributed by atoms with Crippen molar-refractivity contribution in [2.45, 2.75) is 46.1 Å². The molecule has 0 unspecified atom stereocenters. The molecule has 9 heteroatoms. The van der Waals surface area contributed by atoms with Crippen molar-refractivity contribution in [1.29, 1.82) is 0 Å². The summed E-state index contributed by atoms with van der Waals surface area (Å²) in [5.41, 5.74) is 13.2. The van der Waals surface area contributed by atoms with E-state index < -0.39 is 5.97 Å². The lowest BCUT2D eigenvalue weighted by molar-refractivity contribution is 0.0595. The number of nitrogens with one attached hydrogen (secondary N) is 1. The fourth-order valence-corrected chi connectivity index (χ4v) is 7.07. The number of carbonyl (C=O) groups excluding carboxylic acids is 2. The third-order valence-corrected chi connectivity index (χ3v) is 9.27. The zero-order valence-corrected chi connectivity index (χ0v) is 25.6. The van der Waals surface area contributed by atoms with Crippen molar-refractivity contribution in [2.75, 3.05) is 37.0 Å². The maximum absolute atomic E-state index is 14.2. The van der Waals surface area contributed by atoms with Crippen LogP contribution in [0.4, 0.5) is 11.5 Å². The van der Waals surface area contributed by atoms with E-state index in [0.717, 1.165) is 71.0 Å². The first-order valence-corrected chi connectivity index (χ1v) is 15.6. The molecule has 222 valence electrons. The number of esters is 1. The number of nitrogens with two attached hydrogens (primary N) is 1. The van der Waals surface area contributed by atoms with Crippen molar-refractivity contribution in [3.8, 4) is 27.3 Å². The van der Waals surface area contributed by atoms with Crippen LogP contribution in [0.3, 0.4) is 0 Å². The highest BCUT2D eigenvalue weighted by atomic mass is 32.1. The molecule has 2 aromatic carbocycles. The van der Waals surface area contributed by atoms with Crippen molar-refractivity contribution < 1.29 is 19.1 Å². The zero-order chi connectivity index (χ0) is 30.1. The number of anilines is 2. The second kappa shape index (κ2) is 12.2. The summed E-state index contributed by atoms with van der Waals surface area (Å²) in [6.07, 6.45) is 4.13. The van der Waals surface area contributed by atoms with E-state index in [-0.39, 0.29) is 11.6 Å². The Balaban J connectivity index is 1.52. The maximum atomic E-state index is 14.2. The van der Waals surface area contributed by atoms with Crippen molar-refractivity contribution in [1.82, 2.24) is 4.98 Å². The van der Waals surface area contributed by atoms with E-state index in [4.69, 9.17) is 20.2 Å². The molecule has 0 radical (unpaired) electrons. The molecule has 0 spiro atoms. The molecule has 1 fully saturated rings. The molecule has 1 saturated heterocycles. The quantitative estimate of drug-likeness (QED) is 0.244. The number of ether oxygens (including phenoxy) is 2. The van der Waals surface area contributed by atoms with Crippen LogP contribution in [-0.4, -0.2) is 43.7 Å². The van der Waals surface area contributed by atoms with Crippen molar-refractivity contribution in [3.05, 3.63) is 81.4 Å². The zero-order valence-electron chi connectivity index (χ0n) is 24.8. The standard InChI is InChI=1S/C34H36N4O4S/c1-20-15-22(19-35)16-21(2)30(20)37-33(39)26-17-27-28(42-13-9-23-10-14-43-32(23)27)18-25(26)24-7-8-29(36-31(24)34(40)41-3)38-11-5-4-6-12-38/h7-8,10,14-18H,4-6,9,11-13,19,35H2,1-3H3,(H,37,39). The van der Waals surface area contributed by atoms with Gasteiger partial charge in [0.05, 0.1) is 13.7 Å². The number of benzene rings is 2. The van der Waals surface area contributed by atoms with E-state index >= 15 is 0 Å².